The van der Waals surface area contributed by atoms with Crippen molar-refractivity contribution < 1.29 is 4.74 Å². The molecule has 0 aliphatic carbocycles. The monoisotopic (exact) mass is 232 g/mol. The molecule has 1 atom stereocenters. The van der Waals surface area contributed by atoms with Crippen LogP contribution < -0.4 is 10.1 Å². The summed E-state index contributed by atoms with van der Waals surface area (Å²) < 4.78 is 5.15. The van der Waals surface area contributed by atoms with Gasteiger partial charge in [0.25, 0.3) is 0 Å². The summed E-state index contributed by atoms with van der Waals surface area (Å²) in [6.45, 7) is 3.14. The molecule has 1 aromatic rings. The number of aliphatic imine (C=N–C) groups is 1. The summed E-state index contributed by atoms with van der Waals surface area (Å²) in [5.74, 6) is 2.05. The van der Waals surface area contributed by atoms with E-state index < -0.39 is 0 Å². The van der Waals surface area contributed by atoms with E-state index in [1.807, 2.05) is 12.1 Å². The Bertz CT molecular complexity index is 384. The van der Waals surface area contributed by atoms with E-state index in [4.69, 9.17) is 4.74 Å². The van der Waals surface area contributed by atoms with Crippen LogP contribution in [-0.2, 0) is 0 Å². The minimum Gasteiger partial charge on any atom is -0.497 e. The molecule has 0 amide bonds. The van der Waals surface area contributed by atoms with Crippen molar-refractivity contribution in [3.05, 3.63) is 29.8 Å². The van der Waals surface area contributed by atoms with Gasteiger partial charge in [0.1, 0.15) is 5.75 Å². The Kier molecular flexibility index (Phi) is 4.02. The minimum absolute atomic E-state index is 0.303. The molecule has 2 rings (SSSR count). The third-order valence-electron chi connectivity index (χ3n) is 3.12. The summed E-state index contributed by atoms with van der Waals surface area (Å²) in [5, 5.41) is 3.48. The van der Waals surface area contributed by atoms with Gasteiger partial charge in [-0.3, -0.25) is 4.99 Å². The fourth-order valence-electron chi connectivity index (χ4n) is 2.04. The molecule has 0 saturated heterocycles. The Morgan fingerprint density at radius 1 is 1.24 bits per heavy atom. The highest BCUT2D eigenvalue weighted by molar-refractivity contribution is 5.83. The van der Waals surface area contributed by atoms with E-state index in [0.717, 1.165) is 24.6 Å². The van der Waals surface area contributed by atoms with Crippen molar-refractivity contribution in [3.63, 3.8) is 0 Å². The van der Waals surface area contributed by atoms with Crippen LogP contribution in [0, 0.1) is 0 Å². The Hall–Kier alpha value is -1.51. The Labute approximate surface area is 103 Å². The molecule has 0 bridgehead atoms. The molecule has 1 aliphatic heterocycles. The lowest BCUT2D eigenvalue weighted by molar-refractivity contribution is 0.414. The third kappa shape index (κ3) is 3.22. The standard InChI is InChI=1S/C14H20N2O/c1-11(16-14-5-3-4-10-15-14)12-6-8-13(17-2)9-7-12/h6-9,11H,3-5,10H2,1-2H3,(H,15,16)/t11-/m0/s1. The van der Waals surface area contributed by atoms with E-state index in [-0.39, 0.29) is 0 Å². The molecule has 0 saturated carbocycles. The van der Waals surface area contributed by atoms with Gasteiger partial charge < -0.3 is 10.1 Å². The first-order valence-electron chi connectivity index (χ1n) is 6.23. The van der Waals surface area contributed by atoms with Crippen LogP contribution in [0.2, 0.25) is 0 Å². The third-order valence-corrected chi connectivity index (χ3v) is 3.12. The van der Waals surface area contributed by atoms with Gasteiger partial charge in [0.05, 0.1) is 12.9 Å². The number of nitrogens with one attached hydrogen (secondary N) is 1. The van der Waals surface area contributed by atoms with E-state index >= 15 is 0 Å². The van der Waals surface area contributed by atoms with Crippen molar-refractivity contribution in [1.82, 2.24) is 5.32 Å². The summed E-state index contributed by atoms with van der Waals surface area (Å²) in [5.41, 5.74) is 1.26. The number of hydrogen-bond donors (Lipinski definition) is 1. The van der Waals surface area contributed by atoms with Gasteiger partial charge in [-0.2, -0.15) is 0 Å². The van der Waals surface area contributed by atoms with Crippen molar-refractivity contribution in [1.29, 1.82) is 0 Å². The van der Waals surface area contributed by atoms with Gasteiger partial charge in [0, 0.05) is 19.0 Å². The molecule has 1 heterocycles. The molecule has 17 heavy (non-hydrogen) atoms. The first-order chi connectivity index (χ1) is 8.29. The van der Waals surface area contributed by atoms with Crippen LogP contribution in [0.4, 0.5) is 0 Å². The van der Waals surface area contributed by atoms with Crippen LogP contribution in [0.5, 0.6) is 5.75 Å². The number of rotatable bonds is 3. The SMILES string of the molecule is COc1ccc([C@H](C)NC2=NCCCC2)cc1. The number of hydrogen-bond acceptors (Lipinski definition) is 3. The van der Waals surface area contributed by atoms with Gasteiger partial charge in [-0.25, -0.2) is 0 Å². The lowest BCUT2D eigenvalue weighted by atomic mass is 10.1. The lowest BCUT2D eigenvalue weighted by Crippen LogP contribution is -2.28. The highest BCUT2D eigenvalue weighted by Gasteiger charge is 2.10. The fourth-order valence-corrected chi connectivity index (χ4v) is 2.04. The number of methoxy groups -OCH3 is 1. The van der Waals surface area contributed by atoms with Crippen LogP contribution in [0.25, 0.3) is 0 Å². The molecule has 3 nitrogen and oxygen atoms in total. The fraction of sp³-hybridized carbons (Fsp3) is 0.500. The Balaban J connectivity index is 1.98. The number of amidine groups is 1. The highest BCUT2D eigenvalue weighted by Crippen LogP contribution is 2.18. The van der Waals surface area contributed by atoms with Crippen molar-refractivity contribution in [2.75, 3.05) is 13.7 Å². The largest absolute Gasteiger partial charge is 0.497 e. The zero-order chi connectivity index (χ0) is 12.1. The van der Waals surface area contributed by atoms with Gasteiger partial charge in [0.15, 0.2) is 0 Å². The Morgan fingerprint density at radius 3 is 2.59 bits per heavy atom. The topological polar surface area (TPSA) is 33.6 Å². The highest BCUT2D eigenvalue weighted by atomic mass is 16.5. The summed E-state index contributed by atoms with van der Waals surface area (Å²) in [6, 6.07) is 8.49. The second-order valence-electron chi connectivity index (χ2n) is 4.42. The predicted molar refractivity (Wildman–Crippen MR) is 70.7 cm³/mol. The van der Waals surface area contributed by atoms with Crippen LogP contribution in [0.1, 0.15) is 37.8 Å². The number of ether oxygens (including phenoxy) is 1. The second kappa shape index (κ2) is 5.71. The first-order valence-corrected chi connectivity index (χ1v) is 6.23. The van der Waals surface area contributed by atoms with Crippen LogP contribution in [-0.4, -0.2) is 19.5 Å². The van der Waals surface area contributed by atoms with Crippen LogP contribution in [0.3, 0.4) is 0 Å². The van der Waals surface area contributed by atoms with Crippen molar-refractivity contribution in [3.8, 4) is 5.75 Å². The van der Waals surface area contributed by atoms with Crippen molar-refractivity contribution in [2.45, 2.75) is 32.2 Å². The lowest BCUT2D eigenvalue weighted by Gasteiger charge is -2.20. The van der Waals surface area contributed by atoms with Gasteiger partial charge in [-0.05, 0) is 37.5 Å². The maximum Gasteiger partial charge on any atom is 0.118 e. The van der Waals surface area contributed by atoms with E-state index in [0.29, 0.717) is 6.04 Å². The molecule has 0 unspecified atom stereocenters. The average molecular weight is 232 g/mol. The molecule has 0 spiro atoms. The molecule has 0 radical (unpaired) electrons. The van der Waals surface area contributed by atoms with Crippen molar-refractivity contribution in [2.24, 2.45) is 4.99 Å². The predicted octanol–water partition coefficient (Wildman–Crippen LogP) is 2.93. The van der Waals surface area contributed by atoms with E-state index in [2.05, 4.69) is 29.4 Å². The maximum atomic E-state index is 5.15. The summed E-state index contributed by atoms with van der Waals surface area (Å²) in [4.78, 5) is 4.51. The molecule has 3 heteroatoms. The van der Waals surface area contributed by atoms with E-state index in [9.17, 15) is 0 Å². The average Bonchev–Trinajstić information content (AvgIpc) is 2.40. The Morgan fingerprint density at radius 2 is 2.00 bits per heavy atom. The molecular formula is C14H20N2O. The van der Waals surface area contributed by atoms with Gasteiger partial charge in [-0.1, -0.05) is 12.1 Å². The molecule has 1 N–H and O–H groups in total. The zero-order valence-electron chi connectivity index (χ0n) is 10.6. The number of nitrogens with zero attached hydrogens (tertiary/aromatic N) is 1. The van der Waals surface area contributed by atoms with Gasteiger partial charge >= 0.3 is 0 Å². The van der Waals surface area contributed by atoms with E-state index in [1.54, 1.807) is 7.11 Å². The van der Waals surface area contributed by atoms with E-state index in [1.165, 1.54) is 18.4 Å². The summed E-state index contributed by atoms with van der Waals surface area (Å²) in [7, 11) is 1.69. The minimum atomic E-state index is 0.303. The zero-order valence-corrected chi connectivity index (χ0v) is 10.6. The molecular weight excluding hydrogens is 212 g/mol. The summed E-state index contributed by atoms with van der Waals surface area (Å²) in [6.07, 6.45) is 3.56. The first kappa shape index (κ1) is 12.0. The second-order valence-corrected chi connectivity index (χ2v) is 4.42. The van der Waals surface area contributed by atoms with Gasteiger partial charge in [0.2, 0.25) is 0 Å². The van der Waals surface area contributed by atoms with Gasteiger partial charge in [-0.15, -0.1) is 0 Å². The normalized spacial score (nSPS) is 17.2. The molecule has 0 aromatic heterocycles. The van der Waals surface area contributed by atoms with Crippen molar-refractivity contribution >= 4 is 5.84 Å². The molecule has 1 aromatic carbocycles. The molecule has 0 fully saturated rings. The maximum absolute atomic E-state index is 5.15. The molecule has 92 valence electrons. The van der Waals surface area contributed by atoms with Crippen LogP contribution in [0.15, 0.2) is 29.3 Å². The quantitative estimate of drug-likeness (QED) is 0.869. The molecule has 1 aliphatic rings. The van der Waals surface area contributed by atoms with Crippen LogP contribution >= 0.6 is 0 Å². The number of benzene rings is 1. The smallest absolute Gasteiger partial charge is 0.118 e. The summed E-state index contributed by atoms with van der Waals surface area (Å²) >= 11 is 0.